The van der Waals surface area contributed by atoms with Gasteiger partial charge in [0, 0.05) is 58.6 Å². The monoisotopic (exact) mass is 652 g/mol. The first-order chi connectivity index (χ1) is 23.5. The number of halogens is 1. The summed E-state index contributed by atoms with van der Waals surface area (Å²) in [5.74, 6) is 1.15. The van der Waals surface area contributed by atoms with Crippen LogP contribution in [0, 0.1) is 0 Å². The van der Waals surface area contributed by atoms with Gasteiger partial charge in [0.05, 0.1) is 16.7 Å². The molecular formula is C42H25ClN4S. The van der Waals surface area contributed by atoms with Crippen LogP contribution in [-0.2, 0) is 5.41 Å². The van der Waals surface area contributed by atoms with Gasteiger partial charge in [-0.1, -0.05) is 98.8 Å². The van der Waals surface area contributed by atoms with E-state index in [2.05, 4.69) is 139 Å². The van der Waals surface area contributed by atoms with Gasteiger partial charge in [0.15, 0.2) is 11.6 Å². The summed E-state index contributed by atoms with van der Waals surface area (Å²) in [7, 11) is 0. The molecule has 0 fully saturated rings. The Morgan fingerprint density at radius 1 is 0.604 bits per heavy atom. The molecule has 0 bridgehead atoms. The summed E-state index contributed by atoms with van der Waals surface area (Å²) in [5.41, 5.74) is 12.9. The predicted molar refractivity (Wildman–Crippen MR) is 199 cm³/mol. The van der Waals surface area contributed by atoms with Crippen LogP contribution in [0.4, 0.5) is 0 Å². The van der Waals surface area contributed by atoms with Gasteiger partial charge in [-0.15, -0.1) is 11.3 Å². The third-order valence-corrected chi connectivity index (χ3v) is 11.8. The maximum absolute atomic E-state index is 6.79. The normalized spacial score (nSPS) is 13.9. The molecule has 2 aliphatic rings. The molecule has 9 aromatic rings. The van der Waals surface area contributed by atoms with Crippen LogP contribution in [0.5, 0.6) is 0 Å². The van der Waals surface area contributed by atoms with Crippen molar-refractivity contribution in [3.05, 3.63) is 132 Å². The number of benzene rings is 6. The van der Waals surface area contributed by atoms with E-state index in [1.165, 1.54) is 64.8 Å². The zero-order chi connectivity index (χ0) is 31.9. The molecule has 4 heterocycles. The average Bonchev–Trinajstić information content (AvgIpc) is 3.70. The van der Waals surface area contributed by atoms with E-state index in [0.717, 1.165) is 27.4 Å². The molecule has 0 amide bonds. The third-order valence-electron chi connectivity index (χ3n) is 10.5. The molecule has 48 heavy (non-hydrogen) atoms. The van der Waals surface area contributed by atoms with Crippen molar-refractivity contribution in [2.45, 2.75) is 19.3 Å². The topological polar surface area (TPSA) is 43.6 Å². The molecule has 0 saturated heterocycles. The first kappa shape index (κ1) is 26.7. The van der Waals surface area contributed by atoms with Crippen LogP contribution < -0.4 is 0 Å². The number of thiophene rings is 1. The lowest BCUT2D eigenvalue weighted by Gasteiger charge is -2.23. The molecule has 0 radical (unpaired) electrons. The summed E-state index contributed by atoms with van der Waals surface area (Å²) in [6.45, 7) is 4.67. The number of hydrogen-bond acceptors (Lipinski definition) is 4. The molecule has 0 saturated carbocycles. The van der Waals surface area contributed by atoms with E-state index in [1.54, 1.807) is 11.3 Å². The summed E-state index contributed by atoms with van der Waals surface area (Å²) in [5, 5.41) is 4.98. The van der Waals surface area contributed by atoms with E-state index in [0.29, 0.717) is 11.6 Å². The number of nitrogens with zero attached hydrogens (tertiary/aromatic N) is 4. The summed E-state index contributed by atoms with van der Waals surface area (Å²) in [6, 6.07) is 41.6. The number of hydrogen-bond donors (Lipinski definition) is 0. The Kier molecular flexibility index (Phi) is 5.09. The van der Waals surface area contributed by atoms with Crippen molar-refractivity contribution in [3.63, 3.8) is 0 Å². The zero-order valence-electron chi connectivity index (χ0n) is 26.0. The van der Waals surface area contributed by atoms with Gasteiger partial charge in [0.2, 0.25) is 5.28 Å². The largest absolute Gasteiger partial charge is 0.308 e. The van der Waals surface area contributed by atoms with Crippen molar-refractivity contribution in [1.29, 1.82) is 0 Å². The van der Waals surface area contributed by atoms with Crippen LogP contribution in [-0.4, -0.2) is 19.5 Å². The highest BCUT2D eigenvalue weighted by Crippen LogP contribution is 2.59. The van der Waals surface area contributed by atoms with Crippen molar-refractivity contribution in [1.82, 2.24) is 19.5 Å². The van der Waals surface area contributed by atoms with Crippen LogP contribution >= 0.6 is 22.9 Å². The molecule has 0 atom stereocenters. The Hall–Kier alpha value is -5.36. The molecular weight excluding hydrogens is 628 g/mol. The van der Waals surface area contributed by atoms with Crippen molar-refractivity contribution >= 4 is 64.9 Å². The fraction of sp³-hybridized carbons (Fsp3) is 0.0714. The number of para-hydroxylation sites is 2. The Labute approximate surface area is 284 Å². The molecule has 6 aromatic carbocycles. The second-order valence-electron chi connectivity index (χ2n) is 13.4. The van der Waals surface area contributed by atoms with Gasteiger partial charge < -0.3 is 4.57 Å². The first-order valence-corrected chi connectivity index (χ1v) is 17.3. The second-order valence-corrected chi connectivity index (χ2v) is 14.8. The summed E-state index contributed by atoms with van der Waals surface area (Å²) < 4.78 is 4.93. The molecule has 11 rings (SSSR count). The van der Waals surface area contributed by atoms with E-state index >= 15 is 0 Å². The maximum atomic E-state index is 6.79. The van der Waals surface area contributed by atoms with Crippen molar-refractivity contribution in [2.75, 3.05) is 0 Å². The van der Waals surface area contributed by atoms with E-state index in [9.17, 15) is 0 Å². The SMILES string of the molecule is CC1(C)c2cccc3c2-c2c1cc(-c1nc(Cl)nc(-c4ccc5c(c4)sc4ccccc45)n1)c1c4ccccc4n(c21)-c1ccccc1-3. The number of aromatic nitrogens is 4. The van der Waals surface area contributed by atoms with Gasteiger partial charge in [0.1, 0.15) is 0 Å². The van der Waals surface area contributed by atoms with Crippen LogP contribution in [0.25, 0.3) is 92.7 Å². The Bertz CT molecular complexity index is 2900. The molecule has 6 heteroatoms. The van der Waals surface area contributed by atoms with Gasteiger partial charge in [-0.2, -0.15) is 9.97 Å². The average molecular weight is 653 g/mol. The van der Waals surface area contributed by atoms with Gasteiger partial charge >= 0.3 is 0 Å². The third kappa shape index (κ3) is 3.32. The highest BCUT2D eigenvalue weighted by molar-refractivity contribution is 7.25. The summed E-state index contributed by atoms with van der Waals surface area (Å²) in [4.78, 5) is 14.7. The van der Waals surface area contributed by atoms with Crippen LogP contribution in [0.15, 0.2) is 115 Å². The molecule has 0 spiro atoms. The smallest absolute Gasteiger partial charge is 0.226 e. The highest BCUT2D eigenvalue weighted by atomic mass is 35.5. The minimum atomic E-state index is -0.233. The molecule has 0 N–H and O–H groups in total. The standard InChI is InChI=1S/C42H25ClN4S/c1-42(2)29-14-9-13-26-23-10-3-6-15-31(23)47-32-16-7-4-12-27(32)35-28(21-30(42)37(36(26)29)38(35)47)40-44-39(45-41(43)46-40)22-18-19-25-24-11-5-8-17-33(24)48-34(25)20-22/h3-21H,1-2H3. The minimum absolute atomic E-state index is 0.184. The fourth-order valence-corrected chi connectivity index (χ4v) is 9.72. The highest BCUT2D eigenvalue weighted by Gasteiger charge is 2.42. The molecule has 226 valence electrons. The minimum Gasteiger partial charge on any atom is -0.308 e. The van der Waals surface area contributed by atoms with E-state index in [4.69, 9.17) is 21.6 Å². The Morgan fingerprint density at radius 2 is 1.35 bits per heavy atom. The number of fused-ring (bicyclic) bond motifs is 9. The zero-order valence-corrected chi connectivity index (χ0v) is 27.6. The van der Waals surface area contributed by atoms with Crippen LogP contribution in [0.1, 0.15) is 25.0 Å². The number of rotatable bonds is 2. The van der Waals surface area contributed by atoms with Crippen LogP contribution in [0.3, 0.4) is 0 Å². The van der Waals surface area contributed by atoms with Gasteiger partial charge in [-0.3, -0.25) is 0 Å². The lowest BCUT2D eigenvalue weighted by Crippen LogP contribution is -2.15. The second kappa shape index (κ2) is 9.16. The van der Waals surface area contributed by atoms with Crippen molar-refractivity contribution < 1.29 is 0 Å². The molecule has 1 aliphatic heterocycles. The maximum Gasteiger partial charge on any atom is 0.226 e. The van der Waals surface area contributed by atoms with E-state index in [-0.39, 0.29) is 10.7 Å². The van der Waals surface area contributed by atoms with E-state index in [1.807, 2.05) is 0 Å². The van der Waals surface area contributed by atoms with Crippen LogP contribution in [0.2, 0.25) is 5.28 Å². The Balaban J connectivity index is 1.25. The lowest BCUT2D eigenvalue weighted by molar-refractivity contribution is 0.661. The first-order valence-electron chi connectivity index (χ1n) is 16.2. The van der Waals surface area contributed by atoms with Gasteiger partial charge in [-0.25, -0.2) is 4.98 Å². The quantitative estimate of drug-likeness (QED) is 0.187. The fourth-order valence-electron chi connectivity index (χ4n) is 8.41. The molecule has 3 aromatic heterocycles. The van der Waals surface area contributed by atoms with Crippen molar-refractivity contribution in [2.24, 2.45) is 0 Å². The molecule has 1 aliphatic carbocycles. The lowest BCUT2D eigenvalue weighted by atomic mass is 9.81. The summed E-state index contributed by atoms with van der Waals surface area (Å²) in [6.07, 6.45) is 0. The van der Waals surface area contributed by atoms with Gasteiger partial charge in [0.25, 0.3) is 0 Å². The molecule has 4 nitrogen and oxygen atoms in total. The summed E-state index contributed by atoms with van der Waals surface area (Å²) >= 11 is 8.57. The van der Waals surface area contributed by atoms with Gasteiger partial charge in [-0.05, 0) is 64.2 Å². The Morgan fingerprint density at radius 3 is 2.27 bits per heavy atom. The van der Waals surface area contributed by atoms with E-state index < -0.39 is 0 Å². The van der Waals surface area contributed by atoms with Crippen molar-refractivity contribution in [3.8, 4) is 50.7 Å². The predicted octanol–water partition coefficient (Wildman–Crippen LogP) is 11.6. The molecule has 0 unspecified atom stereocenters.